The van der Waals surface area contributed by atoms with Gasteiger partial charge in [0.25, 0.3) is 0 Å². The topological polar surface area (TPSA) is 89.8 Å². The van der Waals surface area contributed by atoms with Crippen molar-refractivity contribution >= 4 is 5.91 Å². The molecule has 0 aromatic heterocycles. The molecule has 0 spiro atoms. The monoisotopic (exact) mass is 415 g/mol. The van der Waals surface area contributed by atoms with Crippen LogP contribution in [0.1, 0.15) is 51.0 Å². The van der Waals surface area contributed by atoms with E-state index in [0.717, 1.165) is 19.3 Å². The van der Waals surface area contributed by atoms with Crippen LogP contribution in [0.3, 0.4) is 0 Å². The van der Waals surface area contributed by atoms with Gasteiger partial charge in [-0.3, -0.25) is 4.79 Å². The Morgan fingerprint density at radius 1 is 1.20 bits per heavy atom. The molecule has 1 saturated carbocycles. The van der Waals surface area contributed by atoms with E-state index in [9.17, 15) is 20.1 Å². The predicted molar refractivity (Wildman–Crippen MR) is 120 cm³/mol. The van der Waals surface area contributed by atoms with Gasteiger partial charge in [0.15, 0.2) is 0 Å². The van der Waals surface area contributed by atoms with E-state index in [1.165, 1.54) is 5.56 Å². The number of amides is 1. The maximum absolute atomic E-state index is 11.4. The predicted octanol–water partition coefficient (Wildman–Crippen LogP) is 3.15. The highest BCUT2D eigenvalue weighted by molar-refractivity contribution is 5.75. The van der Waals surface area contributed by atoms with Gasteiger partial charge in [-0.15, -0.1) is 0 Å². The number of hydrogen-bond donors (Lipinski definition) is 4. The summed E-state index contributed by atoms with van der Waals surface area (Å²) in [5.41, 5.74) is 1.19. The summed E-state index contributed by atoms with van der Waals surface area (Å²) in [5, 5.41) is 33.8. The normalized spacial score (nSPS) is 25.2. The van der Waals surface area contributed by atoms with Crippen LogP contribution in [0.5, 0.6) is 0 Å². The lowest BCUT2D eigenvalue weighted by Crippen LogP contribution is -2.21. The van der Waals surface area contributed by atoms with Crippen LogP contribution in [0, 0.1) is 11.8 Å². The van der Waals surface area contributed by atoms with Crippen LogP contribution >= 0.6 is 0 Å². The van der Waals surface area contributed by atoms with E-state index >= 15 is 0 Å². The molecule has 4 N–H and O–H groups in total. The third kappa shape index (κ3) is 8.42. The number of aliphatic hydroxyl groups excluding tert-OH is 3. The molecule has 1 amide bonds. The Hall–Kier alpha value is -1.95. The minimum absolute atomic E-state index is 0.0581. The van der Waals surface area contributed by atoms with Crippen molar-refractivity contribution in [2.75, 3.05) is 6.54 Å². The van der Waals surface area contributed by atoms with Gasteiger partial charge in [0, 0.05) is 25.3 Å². The zero-order chi connectivity index (χ0) is 21.8. The number of aryl methyl sites for hydroxylation is 1. The first-order valence-electron chi connectivity index (χ1n) is 11.2. The Kier molecular flexibility index (Phi) is 10.8. The molecule has 0 bridgehead atoms. The van der Waals surface area contributed by atoms with Gasteiger partial charge < -0.3 is 20.6 Å². The molecule has 0 saturated heterocycles. The van der Waals surface area contributed by atoms with Gasteiger partial charge in [0.2, 0.25) is 5.91 Å². The molecule has 5 nitrogen and oxygen atoms in total. The lowest BCUT2D eigenvalue weighted by Gasteiger charge is -2.19. The van der Waals surface area contributed by atoms with E-state index in [2.05, 4.69) is 5.32 Å². The Morgan fingerprint density at radius 3 is 2.70 bits per heavy atom. The largest absolute Gasteiger partial charge is 0.393 e. The number of nitrogens with one attached hydrogen (secondary N) is 1. The van der Waals surface area contributed by atoms with E-state index < -0.39 is 18.3 Å². The van der Waals surface area contributed by atoms with Gasteiger partial charge in [-0.2, -0.15) is 0 Å². The molecular formula is C25H37NO4. The molecular weight excluding hydrogens is 378 g/mol. The molecule has 2 rings (SSSR count). The Bertz CT molecular complexity index is 673. The SMILES string of the molecule is CCNC(=O)CCC/C=C/C[C@@H]1[C@@H](/C=C/[C@H](O)CCc2ccccc2)[C@H](O)C[C@@H]1O. The van der Waals surface area contributed by atoms with Crippen LogP contribution < -0.4 is 5.32 Å². The van der Waals surface area contributed by atoms with Crippen LogP contribution in [-0.4, -0.2) is 46.1 Å². The van der Waals surface area contributed by atoms with Crippen molar-refractivity contribution in [3.05, 3.63) is 60.2 Å². The molecule has 0 unspecified atom stereocenters. The zero-order valence-electron chi connectivity index (χ0n) is 18.0. The number of unbranched alkanes of at least 4 members (excludes halogenated alkanes) is 1. The highest BCUT2D eigenvalue weighted by Crippen LogP contribution is 2.36. The van der Waals surface area contributed by atoms with E-state index in [0.29, 0.717) is 32.2 Å². The first-order chi connectivity index (χ1) is 14.5. The number of hydrogen-bond acceptors (Lipinski definition) is 4. The smallest absolute Gasteiger partial charge is 0.219 e. The Labute approximate surface area is 180 Å². The van der Waals surface area contributed by atoms with Crippen molar-refractivity contribution in [1.82, 2.24) is 5.32 Å². The molecule has 0 aliphatic heterocycles. The first-order valence-corrected chi connectivity index (χ1v) is 11.2. The summed E-state index contributed by atoms with van der Waals surface area (Å²) in [6, 6.07) is 10.1. The zero-order valence-corrected chi connectivity index (χ0v) is 18.0. The summed E-state index contributed by atoms with van der Waals surface area (Å²) in [7, 11) is 0. The van der Waals surface area contributed by atoms with Gasteiger partial charge in [-0.1, -0.05) is 54.6 Å². The Balaban J connectivity index is 1.78. The maximum atomic E-state index is 11.4. The molecule has 0 heterocycles. The minimum Gasteiger partial charge on any atom is -0.393 e. The van der Waals surface area contributed by atoms with E-state index in [4.69, 9.17) is 0 Å². The highest BCUT2D eigenvalue weighted by atomic mass is 16.3. The molecule has 5 heteroatoms. The fourth-order valence-corrected chi connectivity index (χ4v) is 4.06. The second kappa shape index (κ2) is 13.4. The second-order valence-corrected chi connectivity index (χ2v) is 8.14. The van der Waals surface area contributed by atoms with E-state index in [1.54, 1.807) is 6.08 Å². The molecule has 30 heavy (non-hydrogen) atoms. The van der Waals surface area contributed by atoms with Crippen LogP contribution in [-0.2, 0) is 11.2 Å². The third-order valence-corrected chi connectivity index (χ3v) is 5.77. The van der Waals surface area contributed by atoms with Crippen LogP contribution in [0.25, 0.3) is 0 Å². The third-order valence-electron chi connectivity index (χ3n) is 5.77. The number of carbonyl (C=O) groups is 1. The second-order valence-electron chi connectivity index (χ2n) is 8.14. The number of aliphatic hydroxyl groups is 3. The minimum atomic E-state index is -0.589. The highest BCUT2D eigenvalue weighted by Gasteiger charge is 2.39. The van der Waals surface area contributed by atoms with E-state index in [-0.39, 0.29) is 17.7 Å². The Morgan fingerprint density at radius 2 is 1.97 bits per heavy atom. The molecule has 1 aromatic rings. The lowest BCUT2D eigenvalue weighted by molar-refractivity contribution is -0.121. The van der Waals surface area contributed by atoms with Gasteiger partial charge in [-0.05, 0) is 50.5 Å². The number of allylic oxidation sites excluding steroid dienone is 2. The van der Waals surface area contributed by atoms with Crippen molar-refractivity contribution in [1.29, 1.82) is 0 Å². The fraction of sp³-hybridized carbons (Fsp3) is 0.560. The van der Waals surface area contributed by atoms with Crippen molar-refractivity contribution < 1.29 is 20.1 Å². The average molecular weight is 416 g/mol. The van der Waals surface area contributed by atoms with Crippen molar-refractivity contribution in [2.45, 2.75) is 70.2 Å². The van der Waals surface area contributed by atoms with Crippen LogP contribution in [0.2, 0.25) is 0 Å². The maximum Gasteiger partial charge on any atom is 0.219 e. The van der Waals surface area contributed by atoms with Crippen LogP contribution in [0.15, 0.2) is 54.6 Å². The number of carbonyl (C=O) groups excluding carboxylic acids is 1. The molecule has 1 aliphatic carbocycles. The van der Waals surface area contributed by atoms with Crippen molar-refractivity contribution in [2.24, 2.45) is 11.8 Å². The fourth-order valence-electron chi connectivity index (χ4n) is 4.06. The molecule has 1 aliphatic rings. The molecule has 0 radical (unpaired) electrons. The lowest BCUT2D eigenvalue weighted by atomic mass is 9.89. The quantitative estimate of drug-likeness (QED) is 0.312. The van der Waals surface area contributed by atoms with Gasteiger partial charge in [0.1, 0.15) is 0 Å². The standard InChI is InChI=1S/C25H37NO4/c1-2-26-25(30)13-9-4-3-8-12-21-22(24(29)18-23(21)28)17-16-20(27)15-14-19-10-6-5-7-11-19/h3,5-8,10-11,16-17,20-24,27-29H,2,4,9,12-15,18H2,1H3,(H,26,30)/b8-3+,17-16+/t20-,21-,22-,23+,24-/m1/s1. The number of rotatable bonds is 12. The van der Waals surface area contributed by atoms with E-state index in [1.807, 2.05) is 55.5 Å². The summed E-state index contributed by atoms with van der Waals surface area (Å²) in [6.45, 7) is 2.57. The molecule has 1 fully saturated rings. The van der Waals surface area contributed by atoms with Crippen molar-refractivity contribution in [3.8, 4) is 0 Å². The average Bonchev–Trinajstić information content (AvgIpc) is 3.00. The van der Waals surface area contributed by atoms with Crippen molar-refractivity contribution in [3.63, 3.8) is 0 Å². The van der Waals surface area contributed by atoms with Gasteiger partial charge in [-0.25, -0.2) is 0 Å². The number of benzene rings is 1. The first kappa shape index (κ1) is 24.3. The molecule has 166 valence electrons. The van der Waals surface area contributed by atoms with Gasteiger partial charge in [0.05, 0.1) is 18.3 Å². The summed E-state index contributed by atoms with van der Waals surface area (Å²) in [6.07, 6.45) is 10.6. The molecule has 5 atom stereocenters. The summed E-state index contributed by atoms with van der Waals surface area (Å²) in [5.74, 6) is -0.139. The summed E-state index contributed by atoms with van der Waals surface area (Å²) < 4.78 is 0. The van der Waals surface area contributed by atoms with Crippen LogP contribution in [0.4, 0.5) is 0 Å². The summed E-state index contributed by atoms with van der Waals surface area (Å²) >= 11 is 0. The summed E-state index contributed by atoms with van der Waals surface area (Å²) in [4.78, 5) is 11.4. The van der Waals surface area contributed by atoms with Gasteiger partial charge >= 0.3 is 0 Å². The molecule has 1 aromatic carbocycles.